The molecule has 2 aliphatic rings. The summed E-state index contributed by atoms with van der Waals surface area (Å²) >= 11 is 0. The normalized spacial score (nSPS) is 19.4. The van der Waals surface area contributed by atoms with Crippen molar-refractivity contribution in [2.75, 3.05) is 11.4 Å². The van der Waals surface area contributed by atoms with Crippen LogP contribution in [0.5, 0.6) is 5.75 Å². The number of ether oxygens (including phenoxy) is 1. The number of benzene rings is 1. The van der Waals surface area contributed by atoms with Crippen molar-refractivity contribution in [2.24, 2.45) is 5.92 Å². The molecule has 0 radical (unpaired) electrons. The highest BCUT2D eigenvalue weighted by Crippen LogP contribution is 2.29. The average Bonchev–Trinajstić information content (AvgIpc) is 2.74. The summed E-state index contributed by atoms with van der Waals surface area (Å²) in [5.74, 6) is 0.683. The minimum atomic E-state index is -0.128. The van der Waals surface area contributed by atoms with Crippen molar-refractivity contribution in [1.82, 2.24) is 0 Å². The SMILES string of the molecule is O=C(Oc1ccc(N2CCCC2=O)cc1)C1CCC1. The van der Waals surface area contributed by atoms with Crippen LogP contribution in [0.15, 0.2) is 24.3 Å². The van der Waals surface area contributed by atoms with E-state index < -0.39 is 0 Å². The van der Waals surface area contributed by atoms with Crippen LogP contribution in [0.1, 0.15) is 32.1 Å². The van der Waals surface area contributed by atoms with Crippen molar-refractivity contribution >= 4 is 17.6 Å². The summed E-state index contributed by atoms with van der Waals surface area (Å²) < 4.78 is 5.32. The molecular formula is C15H17NO3. The molecule has 1 saturated carbocycles. The van der Waals surface area contributed by atoms with Crippen molar-refractivity contribution in [1.29, 1.82) is 0 Å². The van der Waals surface area contributed by atoms with Gasteiger partial charge in [0.1, 0.15) is 5.75 Å². The van der Waals surface area contributed by atoms with Gasteiger partial charge in [-0.1, -0.05) is 6.42 Å². The lowest BCUT2D eigenvalue weighted by Gasteiger charge is -2.23. The third kappa shape index (κ3) is 2.48. The van der Waals surface area contributed by atoms with Gasteiger partial charge in [0.25, 0.3) is 0 Å². The highest BCUT2D eigenvalue weighted by Gasteiger charge is 2.27. The lowest BCUT2D eigenvalue weighted by molar-refractivity contribution is -0.141. The molecule has 4 nitrogen and oxygen atoms in total. The first-order valence-corrected chi connectivity index (χ1v) is 6.86. The zero-order valence-corrected chi connectivity index (χ0v) is 10.8. The summed E-state index contributed by atoms with van der Waals surface area (Å²) in [6.45, 7) is 0.778. The van der Waals surface area contributed by atoms with E-state index in [1.807, 2.05) is 12.1 Å². The molecule has 0 bridgehead atoms. The molecule has 4 heteroatoms. The highest BCUT2D eigenvalue weighted by atomic mass is 16.5. The Kier molecular flexibility index (Phi) is 3.23. The zero-order valence-electron chi connectivity index (χ0n) is 10.8. The lowest BCUT2D eigenvalue weighted by atomic mass is 9.86. The van der Waals surface area contributed by atoms with Crippen LogP contribution in [0.2, 0.25) is 0 Å². The van der Waals surface area contributed by atoms with Gasteiger partial charge in [0.15, 0.2) is 0 Å². The van der Waals surface area contributed by atoms with Gasteiger partial charge in [0.05, 0.1) is 5.92 Å². The number of anilines is 1. The second kappa shape index (κ2) is 5.03. The fourth-order valence-corrected chi connectivity index (χ4v) is 2.46. The highest BCUT2D eigenvalue weighted by molar-refractivity contribution is 5.95. The summed E-state index contributed by atoms with van der Waals surface area (Å²) in [6, 6.07) is 7.20. The first-order chi connectivity index (χ1) is 9.24. The Hall–Kier alpha value is -1.84. The maximum Gasteiger partial charge on any atom is 0.314 e. The van der Waals surface area contributed by atoms with Crippen LogP contribution in [-0.4, -0.2) is 18.4 Å². The summed E-state index contributed by atoms with van der Waals surface area (Å²) in [6.07, 6.45) is 4.55. The molecule has 0 N–H and O–H groups in total. The molecular weight excluding hydrogens is 242 g/mol. The summed E-state index contributed by atoms with van der Waals surface area (Å²) in [5.41, 5.74) is 0.881. The van der Waals surface area contributed by atoms with Crippen LogP contribution in [0, 0.1) is 5.92 Å². The van der Waals surface area contributed by atoms with Gasteiger partial charge in [0, 0.05) is 18.7 Å². The van der Waals surface area contributed by atoms with Gasteiger partial charge in [-0.05, 0) is 43.5 Å². The van der Waals surface area contributed by atoms with E-state index in [4.69, 9.17) is 4.74 Å². The van der Waals surface area contributed by atoms with E-state index >= 15 is 0 Å². The van der Waals surface area contributed by atoms with Gasteiger partial charge >= 0.3 is 5.97 Å². The maximum atomic E-state index is 11.7. The van der Waals surface area contributed by atoms with E-state index in [0.29, 0.717) is 12.2 Å². The molecule has 1 aromatic rings. The smallest absolute Gasteiger partial charge is 0.314 e. The number of esters is 1. The standard InChI is InChI=1S/C15H17NO3/c17-14-5-2-10-16(14)12-6-8-13(9-7-12)19-15(18)11-3-1-4-11/h6-9,11H,1-5,10H2. The summed E-state index contributed by atoms with van der Waals surface area (Å²) in [7, 11) is 0. The van der Waals surface area contributed by atoms with Gasteiger partial charge in [0.2, 0.25) is 5.91 Å². The van der Waals surface area contributed by atoms with Crippen molar-refractivity contribution < 1.29 is 14.3 Å². The van der Waals surface area contributed by atoms with E-state index in [0.717, 1.165) is 37.9 Å². The average molecular weight is 259 g/mol. The second-order valence-electron chi connectivity index (χ2n) is 5.19. The predicted octanol–water partition coefficient (Wildman–Crippen LogP) is 2.52. The van der Waals surface area contributed by atoms with Crippen LogP contribution in [0.3, 0.4) is 0 Å². The molecule has 1 aromatic carbocycles. The number of amides is 1. The molecule has 0 unspecified atom stereocenters. The van der Waals surface area contributed by atoms with Crippen LogP contribution in [0.25, 0.3) is 0 Å². The molecule has 1 amide bonds. The third-order valence-electron chi connectivity index (χ3n) is 3.88. The lowest BCUT2D eigenvalue weighted by Crippen LogP contribution is -2.26. The molecule has 1 saturated heterocycles. The molecule has 0 spiro atoms. The Balaban J connectivity index is 1.65. The Morgan fingerprint density at radius 3 is 2.42 bits per heavy atom. The number of carbonyl (C=O) groups is 2. The number of carbonyl (C=O) groups excluding carboxylic acids is 2. The Bertz CT molecular complexity index is 491. The molecule has 1 heterocycles. The fourth-order valence-electron chi connectivity index (χ4n) is 2.46. The van der Waals surface area contributed by atoms with E-state index in [1.54, 1.807) is 17.0 Å². The number of rotatable bonds is 3. The Morgan fingerprint density at radius 1 is 1.16 bits per heavy atom. The number of nitrogens with zero attached hydrogens (tertiary/aromatic N) is 1. The second-order valence-corrected chi connectivity index (χ2v) is 5.19. The van der Waals surface area contributed by atoms with Gasteiger partial charge < -0.3 is 9.64 Å². The topological polar surface area (TPSA) is 46.6 Å². The van der Waals surface area contributed by atoms with Crippen molar-refractivity contribution in [2.45, 2.75) is 32.1 Å². The van der Waals surface area contributed by atoms with E-state index in [2.05, 4.69) is 0 Å². The van der Waals surface area contributed by atoms with Crippen LogP contribution < -0.4 is 9.64 Å². The maximum absolute atomic E-state index is 11.7. The molecule has 100 valence electrons. The monoisotopic (exact) mass is 259 g/mol. The first-order valence-electron chi connectivity index (χ1n) is 6.86. The van der Waals surface area contributed by atoms with Gasteiger partial charge in [-0.15, -0.1) is 0 Å². The van der Waals surface area contributed by atoms with Crippen LogP contribution in [0.4, 0.5) is 5.69 Å². The van der Waals surface area contributed by atoms with E-state index in [1.165, 1.54) is 0 Å². The minimum Gasteiger partial charge on any atom is -0.426 e. The summed E-state index contributed by atoms with van der Waals surface area (Å²) in [4.78, 5) is 25.1. The van der Waals surface area contributed by atoms with Crippen molar-refractivity contribution in [3.05, 3.63) is 24.3 Å². The van der Waals surface area contributed by atoms with Crippen LogP contribution in [-0.2, 0) is 9.59 Å². The van der Waals surface area contributed by atoms with Crippen molar-refractivity contribution in [3.63, 3.8) is 0 Å². The molecule has 1 aliphatic heterocycles. The molecule has 1 aliphatic carbocycles. The van der Waals surface area contributed by atoms with E-state index in [9.17, 15) is 9.59 Å². The molecule has 2 fully saturated rings. The van der Waals surface area contributed by atoms with Gasteiger partial charge in [-0.3, -0.25) is 9.59 Å². The quantitative estimate of drug-likeness (QED) is 0.619. The molecule has 19 heavy (non-hydrogen) atoms. The molecule has 3 rings (SSSR count). The largest absolute Gasteiger partial charge is 0.426 e. The Labute approximate surface area is 112 Å². The first kappa shape index (κ1) is 12.2. The van der Waals surface area contributed by atoms with Crippen molar-refractivity contribution in [3.8, 4) is 5.75 Å². The van der Waals surface area contributed by atoms with E-state index in [-0.39, 0.29) is 17.8 Å². The number of hydrogen-bond donors (Lipinski definition) is 0. The molecule has 0 aromatic heterocycles. The van der Waals surface area contributed by atoms with Gasteiger partial charge in [-0.25, -0.2) is 0 Å². The summed E-state index contributed by atoms with van der Waals surface area (Å²) in [5, 5.41) is 0. The molecule has 0 atom stereocenters. The Morgan fingerprint density at radius 2 is 1.89 bits per heavy atom. The minimum absolute atomic E-state index is 0.0832. The van der Waals surface area contributed by atoms with Crippen LogP contribution >= 0.6 is 0 Å². The predicted molar refractivity (Wildman–Crippen MR) is 71.0 cm³/mol. The third-order valence-corrected chi connectivity index (χ3v) is 3.88. The van der Waals surface area contributed by atoms with Gasteiger partial charge in [-0.2, -0.15) is 0 Å². The zero-order chi connectivity index (χ0) is 13.2. The fraction of sp³-hybridized carbons (Fsp3) is 0.467. The number of hydrogen-bond acceptors (Lipinski definition) is 3.